The zero-order valence-corrected chi connectivity index (χ0v) is 31.0. The number of benzene rings is 9. The van der Waals surface area contributed by atoms with Crippen molar-refractivity contribution in [1.29, 1.82) is 0 Å². The van der Waals surface area contributed by atoms with E-state index in [-0.39, 0.29) is 0 Å². The van der Waals surface area contributed by atoms with E-state index < -0.39 is 0 Å². The molecule has 0 bridgehead atoms. The van der Waals surface area contributed by atoms with Gasteiger partial charge in [0.1, 0.15) is 5.58 Å². The Balaban J connectivity index is 1.23. The van der Waals surface area contributed by atoms with Crippen molar-refractivity contribution in [3.63, 3.8) is 0 Å². The summed E-state index contributed by atoms with van der Waals surface area (Å²) in [6, 6.07) is 71.3. The molecule has 0 aliphatic rings. The van der Waals surface area contributed by atoms with Crippen molar-refractivity contribution in [1.82, 2.24) is 4.98 Å². The van der Waals surface area contributed by atoms with Crippen LogP contribution in [0.25, 0.3) is 65.4 Å². The van der Waals surface area contributed by atoms with Crippen LogP contribution >= 0.6 is 0 Å². The number of fused-ring (bicyclic) bond motifs is 7. The lowest BCUT2D eigenvalue weighted by Crippen LogP contribution is -2.13. The fourth-order valence-corrected chi connectivity index (χ4v) is 8.39. The molecule has 9 aromatic carbocycles. The molecule has 0 N–H and O–H groups in total. The van der Waals surface area contributed by atoms with Crippen LogP contribution in [-0.2, 0) is 0 Å². The van der Waals surface area contributed by atoms with E-state index in [9.17, 15) is 0 Å². The number of anilines is 6. The van der Waals surface area contributed by atoms with E-state index in [1.807, 2.05) is 12.4 Å². The number of para-hydroxylation sites is 1. The molecule has 11 rings (SSSR count). The summed E-state index contributed by atoms with van der Waals surface area (Å²) in [6.07, 6.45) is 3.81. The number of hydrogen-bond acceptors (Lipinski definition) is 4. The molecule has 4 heteroatoms. The molecule has 4 nitrogen and oxygen atoms in total. The summed E-state index contributed by atoms with van der Waals surface area (Å²) >= 11 is 0. The van der Waals surface area contributed by atoms with Gasteiger partial charge < -0.3 is 14.2 Å². The predicted octanol–water partition coefficient (Wildman–Crippen LogP) is 15.0. The third kappa shape index (κ3) is 5.66. The van der Waals surface area contributed by atoms with Gasteiger partial charge in [-0.3, -0.25) is 4.98 Å². The van der Waals surface area contributed by atoms with E-state index in [1.54, 1.807) is 0 Å². The largest absolute Gasteiger partial charge is 0.454 e. The first-order valence-corrected chi connectivity index (χ1v) is 19.3. The zero-order valence-electron chi connectivity index (χ0n) is 31.0. The molecule has 0 saturated heterocycles. The topological polar surface area (TPSA) is 32.5 Å². The number of pyridine rings is 1. The molecule has 0 radical (unpaired) electrons. The van der Waals surface area contributed by atoms with E-state index >= 15 is 0 Å². The quantitative estimate of drug-likeness (QED) is 0.163. The molecule has 0 aliphatic carbocycles. The maximum atomic E-state index is 7.16. The lowest BCUT2D eigenvalue weighted by atomic mass is 10.0. The maximum absolute atomic E-state index is 7.16. The summed E-state index contributed by atoms with van der Waals surface area (Å²) in [5, 5.41) is 8.97. The third-order valence-electron chi connectivity index (χ3n) is 11.0. The van der Waals surface area contributed by atoms with Crippen LogP contribution in [0.5, 0.6) is 0 Å². The molecule has 0 spiro atoms. The highest BCUT2D eigenvalue weighted by Crippen LogP contribution is 2.50. The van der Waals surface area contributed by atoms with Gasteiger partial charge in [-0.15, -0.1) is 0 Å². The number of aromatic nitrogens is 1. The monoisotopic (exact) mass is 729 g/mol. The van der Waals surface area contributed by atoms with Crippen LogP contribution in [0.1, 0.15) is 0 Å². The van der Waals surface area contributed by atoms with Crippen LogP contribution in [0.3, 0.4) is 0 Å². The van der Waals surface area contributed by atoms with Gasteiger partial charge >= 0.3 is 0 Å². The Morgan fingerprint density at radius 2 is 0.930 bits per heavy atom. The Morgan fingerprint density at radius 3 is 1.65 bits per heavy atom. The van der Waals surface area contributed by atoms with Crippen LogP contribution < -0.4 is 9.80 Å². The summed E-state index contributed by atoms with van der Waals surface area (Å²) in [5.74, 6) is 0. The van der Waals surface area contributed by atoms with Crippen molar-refractivity contribution in [3.05, 3.63) is 213 Å². The summed E-state index contributed by atoms with van der Waals surface area (Å²) < 4.78 is 7.16. The van der Waals surface area contributed by atoms with Crippen molar-refractivity contribution in [2.75, 3.05) is 9.80 Å². The highest BCUT2D eigenvalue weighted by atomic mass is 16.3. The second kappa shape index (κ2) is 13.6. The Morgan fingerprint density at radius 1 is 0.368 bits per heavy atom. The molecule has 0 amide bonds. The van der Waals surface area contributed by atoms with Gasteiger partial charge in [-0.25, -0.2) is 0 Å². The molecule has 11 aromatic rings. The van der Waals surface area contributed by atoms with E-state index in [1.165, 1.54) is 21.5 Å². The van der Waals surface area contributed by atoms with E-state index in [2.05, 4.69) is 215 Å². The van der Waals surface area contributed by atoms with Crippen LogP contribution in [-0.4, -0.2) is 4.98 Å². The molecule has 0 unspecified atom stereocenters. The second-order valence-corrected chi connectivity index (χ2v) is 14.4. The second-order valence-electron chi connectivity index (χ2n) is 14.4. The lowest BCUT2D eigenvalue weighted by molar-refractivity contribution is 0.669. The summed E-state index contributed by atoms with van der Waals surface area (Å²) in [4.78, 5) is 9.21. The molecular formula is C53H35N3O. The summed E-state index contributed by atoms with van der Waals surface area (Å²) in [7, 11) is 0. The van der Waals surface area contributed by atoms with Gasteiger partial charge in [0.25, 0.3) is 0 Å². The van der Waals surface area contributed by atoms with Gasteiger partial charge in [-0.1, -0.05) is 121 Å². The predicted molar refractivity (Wildman–Crippen MR) is 239 cm³/mol. The van der Waals surface area contributed by atoms with Crippen LogP contribution in [0.15, 0.2) is 217 Å². The van der Waals surface area contributed by atoms with E-state index in [4.69, 9.17) is 4.42 Å². The lowest BCUT2D eigenvalue weighted by Gasteiger charge is -2.29. The van der Waals surface area contributed by atoms with Crippen LogP contribution in [0, 0.1) is 0 Å². The standard InChI is InChI=1S/C53H35N3O/c1-3-12-36(13-4-1)41-18-11-21-44(32-41)56(46-26-23-38-15-8-10-17-40(38)34-46)49-28-27-48(52-51-47-30-31-54-35-42(47)24-29-50(51)57-53(49)52)55(43-19-5-2-6-20-43)45-25-22-37-14-7-9-16-39(37)33-45/h1-35H. The Hall–Kier alpha value is -7.69. The normalized spacial score (nSPS) is 11.5. The maximum Gasteiger partial charge on any atom is 0.161 e. The fourth-order valence-electron chi connectivity index (χ4n) is 8.39. The van der Waals surface area contributed by atoms with Crippen LogP contribution in [0.4, 0.5) is 34.1 Å². The number of furan rings is 1. The van der Waals surface area contributed by atoms with Crippen molar-refractivity contribution < 1.29 is 4.42 Å². The molecule has 0 saturated carbocycles. The average Bonchev–Trinajstić information content (AvgIpc) is 3.69. The first kappa shape index (κ1) is 32.7. The molecule has 0 fully saturated rings. The molecule has 0 aliphatic heterocycles. The van der Waals surface area contributed by atoms with Crippen molar-refractivity contribution in [2.24, 2.45) is 0 Å². The van der Waals surface area contributed by atoms with Crippen molar-refractivity contribution >= 4 is 88.4 Å². The van der Waals surface area contributed by atoms with Crippen molar-refractivity contribution in [3.8, 4) is 11.1 Å². The van der Waals surface area contributed by atoms with Gasteiger partial charge in [-0.05, 0) is 117 Å². The molecule has 268 valence electrons. The SMILES string of the molecule is c1ccc(-c2cccc(N(c3ccc4ccccc4c3)c3ccc(N(c4ccccc4)c4ccc5ccccc5c4)c4c3oc3ccc5cnccc5c34)c2)cc1. The van der Waals surface area contributed by atoms with Gasteiger partial charge in [0, 0.05) is 45.9 Å². The number of rotatable bonds is 7. The van der Waals surface area contributed by atoms with Crippen molar-refractivity contribution in [2.45, 2.75) is 0 Å². The minimum Gasteiger partial charge on any atom is -0.454 e. The number of hydrogen-bond donors (Lipinski definition) is 0. The Kier molecular flexibility index (Phi) is 7.78. The van der Waals surface area contributed by atoms with Crippen LogP contribution in [0.2, 0.25) is 0 Å². The minimum atomic E-state index is 0.798. The first-order valence-electron chi connectivity index (χ1n) is 19.3. The average molecular weight is 730 g/mol. The van der Waals surface area contributed by atoms with Gasteiger partial charge in [0.15, 0.2) is 5.58 Å². The Bertz CT molecular complexity index is 3260. The molecule has 2 heterocycles. The highest BCUT2D eigenvalue weighted by Gasteiger charge is 2.26. The zero-order chi connectivity index (χ0) is 37.7. The number of nitrogens with zero attached hydrogens (tertiary/aromatic N) is 3. The third-order valence-corrected chi connectivity index (χ3v) is 11.0. The first-order chi connectivity index (χ1) is 28.3. The van der Waals surface area contributed by atoms with Gasteiger partial charge in [0.2, 0.25) is 0 Å². The summed E-state index contributed by atoms with van der Waals surface area (Å²) in [5.41, 5.74) is 10.1. The van der Waals surface area contributed by atoms with E-state index in [0.29, 0.717) is 0 Å². The summed E-state index contributed by atoms with van der Waals surface area (Å²) in [6.45, 7) is 0. The van der Waals surface area contributed by atoms with E-state index in [0.717, 1.165) is 78.0 Å². The van der Waals surface area contributed by atoms with Gasteiger partial charge in [-0.2, -0.15) is 0 Å². The highest BCUT2D eigenvalue weighted by molar-refractivity contribution is 6.25. The molecule has 2 aromatic heterocycles. The minimum absolute atomic E-state index is 0.798. The molecule has 0 atom stereocenters. The molecule has 57 heavy (non-hydrogen) atoms. The molecular weight excluding hydrogens is 695 g/mol. The van der Waals surface area contributed by atoms with Gasteiger partial charge in [0.05, 0.1) is 16.8 Å². The Labute approximate surface area is 330 Å². The smallest absolute Gasteiger partial charge is 0.161 e. The fraction of sp³-hybridized carbons (Fsp3) is 0.